The Bertz CT molecular complexity index is 1010. The van der Waals surface area contributed by atoms with Gasteiger partial charge in [-0.15, -0.1) is 24.0 Å². The van der Waals surface area contributed by atoms with Crippen LogP contribution < -0.4 is 15.5 Å². The lowest BCUT2D eigenvalue weighted by atomic mass is 10.1. The van der Waals surface area contributed by atoms with Gasteiger partial charge in [0.1, 0.15) is 12.7 Å². The predicted molar refractivity (Wildman–Crippen MR) is 132 cm³/mol. The second-order valence-electron chi connectivity index (χ2n) is 7.22. The van der Waals surface area contributed by atoms with Crippen LogP contribution in [-0.4, -0.2) is 46.3 Å². The molecule has 2 N–H and O–H groups in total. The van der Waals surface area contributed by atoms with E-state index in [9.17, 15) is 4.79 Å². The zero-order valence-electron chi connectivity index (χ0n) is 17.3. The molecule has 3 aromatic rings. The van der Waals surface area contributed by atoms with Crippen LogP contribution in [0.1, 0.15) is 17.5 Å². The highest BCUT2D eigenvalue weighted by atomic mass is 127. The van der Waals surface area contributed by atoms with Gasteiger partial charge in [-0.3, -0.25) is 9.79 Å². The van der Waals surface area contributed by atoms with E-state index in [0.29, 0.717) is 32.0 Å². The molecule has 1 atom stereocenters. The van der Waals surface area contributed by atoms with Crippen LogP contribution in [0.15, 0.2) is 72.2 Å². The number of aromatic nitrogens is 3. The van der Waals surface area contributed by atoms with Crippen LogP contribution in [0.5, 0.6) is 0 Å². The third-order valence-electron chi connectivity index (χ3n) is 5.02. The zero-order valence-corrected chi connectivity index (χ0v) is 19.6. The number of anilines is 1. The molecule has 1 saturated heterocycles. The van der Waals surface area contributed by atoms with Crippen LogP contribution in [0.3, 0.4) is 0 Å². The first-order chi connectivity index (χ1) is 14.7. The lowest BCUT2D eigenvalue weighted by molar-refractivity contribution is -0.117. The van der Waals surface area contributed by atoms with E-state index in [4.69, 9.17) is 0 Å². The molecule has 2 aromatic carbocycles. The molecule has 162 valence electrons. The first-order valence-corrected chi connectivity index (χ1v) is 9.94. The van der Waals surface area contributed by atoms with Crippen molar-refractivity contribution in [1.82, 2.24) is 25.4 Å². The molecule has 0 aliphatic carbocycles. The maximum absolute atomic E-state index is 12.4. The maximum atomic E-state index is 12.4. The fraction of sp³-hybridized carbons (Fsp3) is 0.273. The third-order valence-corrected chi connectivity index (χ3v) is 5.02. The highest BCUT2D eigenvalue weighted by Crippen LogP contribution is 2.20. The van der Waals surface area contributed by atoms with Crippen molar-refractivity contribution in [2.24, 2.45) is 4.99 Å². The van der Waals surface area contributed by atoms with Gasteiger partial charge in [0.2, 0.25) is 5.91 Å². The Morgan fingerprint density at radius 1 is 1.16 bits per heavy atom. The van der Waals surface area contributed by atoms with Gasteiger partial charge < -0.3 is 15.5 Å². The number of nitrogens with one attached hydrogen (secondary N) is 2. The summed E-state index contributed by atoms with van der Waals surface area (Å²) in [5, 5.41) is 10.9. The summed E-state index contributed by atoms with van der Waals surface area (Å²) in [6.45, 7) is 1.94. The fourth-order valence-electron chi connectivity index (χ4n) is 3.57. The molecule has 1 amide bonds. The van der Waals surface area contributed by atoms with E-state index in [1.807, 2.05) is 41.3 Å². The fourth-order valence-corrected chi connectivity index (χ4v) is 3.57. The lowest BCUT2D eigenvalue weighted by Gasteiger charge is -2.19. The van der Waals surface area contributed by atoms with Gasteiger partial charge in [-0.05, 0) is 23.3 Å². The number of carbonyl (C=O) groups is 1. The summed E-state index contributed by atoms with van der Waals surface area (Å²) in [6, 6.07) is 18.1. The number of hydrogen-bond donors (Lipinski definition) is 2. The molecule has 1 aliphatic rings. The van der Waals surface area contributed by atoms with Gasteiger partial charge in [0.15, 0.2) is 5.96 Å². The highest BCUT2D eigenvalue weighted by Gasteiger charge is 2.30. The number of guanidine groups is 1. The molecule has 1 fully saturated rings. The molecular weight excluding hydrogens is 505 g/mol. The third kappa shape index (κ3) is 6.03. The molecule has 9 heteroatoms. The number of halogens is 1. The second kappa shape index (κ2) is 10.9. The van der Waals surface area contributed by atoms with Crippen molar-refractivity contribution < 1.29 is 4.79 Å². The summed E-state index contributed by atoms with van der Waals surface area (Å²) in [5.74, 6) is 0.805. The van der Waals surface area contributed by atoms with Crippen molar-refractivity contribution in [1.29, 1.82) is 0 Å². The molecule has 0 radical (unpaired) electrons. The van der Waals surface area contributed by atoms with Crippen LogP contribution in [0, 0.1) is 0 Å². The Balaban J connectivity index is 0.00000272. The highest BCUT2D eigenvalue weighted by molar-refractivity contribution is 14.0. The van der Waals surface area contributed by atoms with Crippen LogP contribution in [-0.2, 0) is 17.9 Å². The van der Waals surface area contributed by atoms with Gasteiger partial charge in [0, 0.05) is 32.2 Å². The topological polar surface area (TPSA) is 87.4 Å². The van der Waals surface area contributed by atoms with Crippen molar-refractivity contribution >= 4 is 41.5 Å². The molecule has 1 unspecified atom stereocenters. The molecule has 1 aliphatic heterocycles. The standard InChI is InChI=1S/C22H25N7O.HI/c1-23-22(27-19-11-21(30)29(14-19)20-8-3-2-4-9-20)25-12-17-6-5-7-18(10-17)13-28-16-24-15-26-28;/h2-10,15-16,19H,11-14H2,1H3,(H2,23,25,27);1H. The summed E-state index contributed by atoms with van der Waals surface area (Å²) in [4.78, 5) is 22.5. The Labute approximate surface area is 198 Å². The average Bonchev–Trinajstić information content (AvgIpc) is 3.41. The molecule has 0 spiro atoms. The largest absolute Gasteiger partial charge is 0.352 e. The molecule has 1 aromatic heterocycles. The van der Waals surface area contributed by atoms with Crippen molar-refractivity contribution in [2.75, 3.05) is 18.5 Å². The first-order valence-electron chi connectivity index (χ1n) is 9.94. The van der Waals surface area contributed by atoms with Crippen LogP contribution >= 0.6 is 24.0 Å². The number of benzene rings is 2. The molecular formula is C22H26IN7O. The number of nitrogens with zero attached hydrogens (tertiary/aromatic N) is 5. The van der Waals surface area contributed by atoms with Gasteiger partial charge >= 0.3 is 0 Å². The molecule has 2 heterocycles. The summed E-state index contributed by atoms with van der Waals surface area (Å²) in [6.07, 6.45) is 3.69. The SMILES string of the molecule is CN=C(NCc1cccc(Cn2cncn2)c1)NC1CC(=O)N(c2ccccc2)C1.I. The monoisotopic (exact) mass is 531 g/mol. The minimum absolute atomic E-state index is 0. The van der Waals surface area contributed by atoms with Crippen molar-refractivity contribution in [2.45, 2.75) is 25.6 Å². The molecule has 0 saturated carbocycles. The summed E-state index contributed by atoms with van der Waals surface area (Å²) in [7, 11) is 1.74. The number of hydrogen-bond acceptors (Lipinski definition) is 4. The van der Waals surface area contributed by atoms with Gasteiger partial charge in [0.25, 0.3) is 0 Å². The van der Waals surface area contributed by atoms with E-state index in [2.05, 4.69) is 43.9 Å². The quantitative estimate of drug-likeness (QED) is 0.290. The van der Waals surface area contributed by atoms with E-state index in [1.54, 1.807) is 18.1 Å². The van der Waals surface area contributed by atoms with E-state index in [0.717, 1.165) is 16.8 Å². The Hall–Kier alpha value is -2.95. The summed E-state index contributed by atoms with van der Waals surface area (Å²) < 4.78 is 1.79. The Morgan fingerprint density at radius 2 is 1.97 bits per heavy atom. The van der Waals surface area contributed by atoms with Crippen LogP contribution in [0.2, 0.25) is 0 Å². The normalized spacial score (nSPS) is 16.2. The Morgan fingerprint density at radius 3 is 2.71 bits per heavy atom. The van der Waals surface area contributed by atoms with Crippen LogP contribution in [0.25, 0.3) is 0 Å². The number of aliphatic imine (C=N–C) groups is 1. The molecule has 31 heavy (non-hydrogen) atoms. The molecule has 0 bridgehead atoms. The van der Waals surface area contributed by atoms with Gasteiger partial charge in [-0.25, -0.2) is 9.67 Å². The van der Waals surface area contributed by atoms with Gasteiger partial charge in [-0.1, -0.05) is 42.5 Å². The zero-order chi connectivity index (χ0) is 20.8. The first kappa shape index (κ1) is 22.7. The summed E-state index contributed by atoms with van der Waals surface area (Å²) >= 11 is 0. The van der Waals surface area contributed by atoms with Crippen molar-refractivity contribution in [3.63, 3.8) is 0 Å². The van der Waals surface area contributed by atoms with E-state index in [1.165, 1.54) is 6.33 Å². The minimum atomic E-state index is 0. The van der Waals surface area contributed by atoms with Crippen LogP contribution in [0.4, 0.5) is 5.69 Å². The maximum Gasteiger partial charge on any atom is 0.229 e. The second-order valence-corrected chi connectivity index (χ2v) is 7.22. The van der Waals surface area contributed by atoms with Gasteiger partial charge in [0.05, 0.1) is 12.6 Å². The number of rotatable bonds is 6. The van der Waals surface area contributed by atoms with E-state index < -0.39 is 0 Å². The minimum Gasteiger partial charge on any atom is -0.352 e. The van der Waals surface area contributed by atoms with Crippen molar-refractivity contribution in [3.05, 3.63) is 78.4 Å². The predicted octanol–water partition coefficient (Wildman–Crippen LogP) is 2.41. The summed E-state index contributed by atoms with van der Waals surface area (Å²) in [5.41, 5.74) is 3.23. The number of carbonyl (C=O) groups excluding carboxylic acids is 1. The Kier molecular flexibility index (Phi) is 7.99. The smallest absolute Gasteiger partial charge is 0.229 e. The van der Waals surface area contributed by atoms with E-state index in [-0.39, 0.29) is 35.9 Å². The number of amides is 1. The van der Waals surface area contributed by atoms with E-state index >= 15 is 0 Å². The number of para-hydroxylation sites is 1. The average molecular weight is 531 g/mol. The van der Waals surface area contributed by atoms with Gasteiger partial charge in [-0.2, -0.15) is 5.10 Å². The molecule has 4 rings (SSSR count). The van der Waals surface area contributed by atoms with Crippen molar-refractivity contribution in [3.8, 4) is 0 Å². The molecule has 8 nitrogen and oxygen atoms in total. The lowest BCUT2D eigenvalue weighted by Crippen LogP contribution is -2.44.